The minimum absolute atomic E-state index is 1.19. The highest BCUT2D eigenvalue weighted by atomic mass is 15.1. The van der Waals surface area contributed by atoms with E-state index in [1.54, 1.807) is 0 Å². The summed E-state index contributed by atoms with van der Waals surface area (Å²) in [6.45, 7) is 6.52. The van der Waals surface area contributed by atoms with E-state index in [0.29, 0.717) is 0 Å². The van der Waals surface area contributed by atoms with E-state index in [1.807, 2.05) is 0 Å². The Morgan fingerprint density at radius 1 is 0.545 bits per heavy atom. The van der Waals surface area contributed by atoms with Gasteiger partial charge in [0.05, 0.1) is 0 Å². The van der Waals surface area contributed by atoms with Crippen molar-refractivity contribution in [3.05, 3.63) is 89.5 Å². The molecule has 0 heterocycles. The molecule has 110 valence electrons. The smallest absolute Gasteiger partial charge is 0.0493 e. The molecule has 0 saturated heterocycles. The van der Waals surface area contributed by atoms with E-state index in [-0.39, 0.29) is 0 Å². The Kier molecular flexibility index (Phi) is 3.97. The molecule has 22 heavy (non-hydrogen) atoms. The van der Waals surface area contributed by atoms with Crippen LogP contribution in [0.1, 0.15) is 16.7 Å². The highest BCUT2D eigenvalue weighted by molar-refractivity contribution is 5.80. The molecule has 0 unspecified atom stereocenters. The molecule has 0 aliphatic carbocycles. The average Bonchev–Trinajstić information content (AvgIpc) is 2.54. The van der Waals surface area contributed by atoms with Gasteiger partial charge in [-0.2, -0.15) is 0 Å². The zero-order chi connectivity index (χ0) is 15.5. The molecule has 0 bridgehead atoms. The fraction of sp³-hybridized carbons (Fsp3) is 0.143. The number of para-hydroxylation sites is 2. The number of aryl methyl sites for hydroxylation is 2. The Morgan fingerprint density at radius 3 is 1.86 bits per heavy atom. The van der Waals surface area contributed by atoms with Gasteiger partial charge in [0.2, 0.25) is 0 Å². The molecule has 0 saturated carbocycles. The largest absolute Gasteiger partial charge is 0.310 e. The summed E-state index contributed by atoms with van der Waals surface area (Å²) in [6.07, 6.45) is 0. The molecule has 3 aromatic carbocycles. The van der Waals surface area contributed by atoms with Crippen molar-refractivity contribution >= 4 is 17.1 Å². The topological polar surface area (TPSA) is 3.24 Å². The second kappa shape index (κ2) is 6.07. The van der Waals surface area contributed by atoms with Gasteiger partial charge in [-0.3, -0.25) is 0 Å². The number of anilines is 3. The van der Waals surface area contributed by atoms with Crippen molar-refractivity contribution in [2.24, 2.45) is 0 Å². The normalized spacial score (nSPS) is 10.5. The summed E-state index contributed by atoms with van der Waals surface area (Å²) in [6, 6.07) is 25.6. The molecule has 0 atom stereocenters. The average molecular weight is 287 g/mol. The van der Waals surface area contributed by atoms with Gasteiger partial charge in [-0.1, -0.05) is 48.5 Å². The maximum Gasteiger partial charge on any atom is 0.0493 e. The zero-order valence-corrected chi connectivity index (χ0v) is 13.4. The first-order valence-corrected chi connectivity index (χ1v) is 7.65. The second-order valence-electron chi connectivity index (χ2n) is 5.68. The minimum Gasteiger partial charge on any atom is -0.310 e. The van der Waals surface area contributed by atoms with Gasteiger partial charge in [0, 0.05) is 17.1 Å². The van der Waals surface area contributed by atoms with Crippen molar-refractivity contribution in [3.63, 3.8) is 0 Å². The lowest BCUT2D eigenvalue weighted by Crippen LogP contribution is -2.12. The molecule has 0 radical (unpaired) electrons. The van der Waals surface area contributed by atoms with Crippen LogP contribution in [0.5, 0.6) is 0 Å². The monoisotopic (exact) mass is 287 g/mol. The van der Waals surface area contributed by atoms with Crippen LogP contribution in [0.15, 0.2) is 72.8 Å². The molecule has 0 aliphatic heterocycles. The Morgan fingerprint density at radius 2 is 1.14 bits per heavy atom. The third kappa shape index (κ3) is 2.62. The summed E-state index contributed by atoms with van der Waals surface area (Å²) in [4.78, 5) is 2.34. The van der Waals surface area contributed by atoms with Crippen LogP contribution in [0.3, 0.4) is 0 Å². The molecule has 0 aromatic heterocycles. The van der Waals surface area contributed by atoms with Gasteiger partial charge in [0.1, 0.15) is 0 Å². The van der Waals surface area contributed by atoms with Crippen LogP contribution < -0.4 is 4.90 Å². The van der Waals surface area contributed by atoms with Crippen molar-refractivity contribution in [3.8, 4) is 0 Å². The third-order valence-corrected chi connectivity index (χ3v) is 4.19. The zero-order valence-electron chi connectivity index (χ0n) is 13.4. The highest BCUT2D eigenvalue weighted by Crippen LogP contribution is 2.38. The van der Waals surface area contributed by atoms with E-state index in [2.05, 4.69) is 98.5 Å². The van der Waals surface area contributed by atoms with E-state index in [1.165, 1.54) is 33.8 Å². The van der Waals surface area contributed by atoms with Crippen LogP contribution in [0.4, 0.5) is 17.1 Å². The molecular formula is C21H21N. The van der Waals surface area contributed by atoms with Gasteiger partial charge in [-0.25, -0.2) is 0 Å². The van der Waals surface area contributed by atoms with Gasteiger partial charge in [0.25, 0.3) is 0 Å². The van der Waals surface area contributed by atoms with Gasteiger partial charge in [-0.05, 0) is 61.7 Å². The van der Waals surface area contributed by atoms with Crippen LogP contribution in [0, 0.1) is 20.8 Å². The molecule has 0 spiro atoms. The van der Waals surface area contributed by atoms with E-state index in [9.17, 15) is 0 Å². The molecule has 0 amide bonds. The van der Waals surface area contributed by atoms with Crippen molar-refractivity contribution < 1.29 is 0 Å². The summed E-state index contributed by atoms with van der Waals surface area (Å²) in [5, 5.41) is 0. The molecular weight excluding hydrogens is 266 g/mol. The van der Waals surface area contributed by atoms with E-state index < -0.39 is 0 Å². The number of benzene rings is 3. The van der Waals surface area contributed by atoms with Crippen molar-refractivity contribution in [2.75, 3.05) is 4.90 Å². The first-order valence-electron chi connectivity index (χ1n) is 7.65. The second-order valence-corrected chi connectivity index (χ2v) is 5.68. The molecule has 0 aliphatic rings. The third-order valence-electron chi connectivity index (χ3n) is 4.19. The van der Waals surface area contributed by atoms with Crippen LogP contribution >= 0.6 is 0 Å². The van der Waals surface area contributed by atoms with Crippen molar-refractivity contribution in [1.29, 1.82) is 0 Å². The molecule has 1 heteroatoms. The molecule has 0 fully saturated rings. The summed E-state index contributed by atoms with van der Waals surface area (Å²) in [7, 11) is 0. The lowest BCUT2D eigenvalue weighted by molar-refractivity contribution is 1.21. The van der Waals surface area contributed by atoms with Crippen LogP contribution in [-0.2, 0) is 0 Å². The van der Waals surface area contributed by atoms with Gasteiger partial charge < -0.3 is 4.90 Å². The molecule has 1 nitrogen and oxygen atoms in total. The van der Waals surface area contributed by atoms with E-state index in [4.69, 9.17) is 0 Å². The predicted molar refractivity (Wildman–Crippen MR) is 95.3 cm³/mol. The summed E-state index contributed by atoms with van der Waals surface area (Å²) in [5.41, 5.74) is 7.54. The van der Waals surface area contributed by atoms with Gasteiger partial charge in [0.15, 0.2) is 0 Å². The summed E-state index contributed by atoms with van der Waals surface area (Å²) < 4.78 is 0. The maximum atomic E-state index is 2.34. The Labute approximate surface area is 132 Å². The van der Waals surface area contributed by atoms with Gasteiger partial charge in [-0.15, -0.1) is 0 Å². The summed E-state index contributed by atoms with van der Waals surface area (Å²) in [5.74, 6) is 0. The van der Waals surface area contributed by atoms with Crippen LogP contribution in [-0.4, -0.2) is 0 Å². The predicted octanol–water partition coefficient (Wildman–Crippen LogP) is 6.08. The Bertz CT molecular complexity index is 775. The molecule has 0 N–H and O–H groups in total. The van der Waals surface area contributed by atoms with E-state index >= 15 is 0 Å². The van der Waals surface area contributed by atoms with E-state index in [0.717, 1.165) is 0 Å². The fourth-order valence-electron chi connectivity index (χ4n) is 2.78. The standard InChI is InChI=1S/C21H21N/c1-16-11-9-15-21(18(16)3)22(19-12-5-4-6-13-19)20-14-8-7-10-17(20)2/h4-15H,1-3H3. The van der Waals surface area contributed by atoms with Crippen molar-refractivity contribution in [1.82, 2.24) is 0 Å². The quantitative estimate of drug-likeness (QED) is 0.564. The molecule has 3 rings (SSSR count). The summed E-state index contributed by atoms with van der Waals surface area (Å²) >= 11 is 0. The maximum absolute atomic E-state index is 2.34. The Balaban J connectivity index is 2.25. The minimum atomic E-state index is 1.19. The van der Waals surface area contributed by atoms with Crippen molar-refractivity contribution in [2.45, 2.75) is 20.8 Å². The first-order chi connectivity index (χ1) is 10.7. The van der Waals surface area contributed by atoms with Crippen LogP contribution in [0.2, 0.25) is 0 Å². The number of hydrogen-bond donors (Lipinski definition) is 0. The lowest BCUT2D eigenvalue weighted by atomic mass is 10.0. The van der Waals surface area contributed by atoms with Gasteiger partial charge >= 0.3 is 0 Å². The van der Waals surface area contributed by atoms with Crippen LogP contribution in [0.25, 0.3) is 0 Å². The number of rotatable bonds is 3. The SMILES string of the molecule is Cc1ccccc1N(c1ccccc1)c1cccc(C)c1C. The molecule has 3 aromatic rings. The number of hydrogen-bond acceptors (Lipinski definition) is 1. The Hall–Kier alpha value is -2.54. The highest BCUT2D eigenvalue weighted by Gasteiger charge is 2.16. The first kappa shape index (κ1) is 14.4. The number of nitrogens with zero attached hydrogens (tertiary/aromatic N) is 1. The lowest BCUT2D eigenvalue weighted by Gasteiger charge is -2.29. The fourth-order valence-corrected chi connectivity index (χ4v) is 2.78.